The lowest BCUT2D eigenvalue weighted by molar-refractivity contribution is 0.660. The molecule has 0 unspecified atom stereocenters. The van der Waals surface area contributed by atoms with Gasteiger partial charge in [-0.2, -0.15) is 0 Å². The molecule has 0 atom stereocenters. The molecule has 9 rings (SSSR count). The molecular weight excluding hydrogens is 494 g/mol. The highest BCUT2D eigenvalue weighted by Crippen LogP contribution is 2.63. The molecule has 6 aromatic rings. The molecule has 0 saturated heterocycles. The van der Waals surface area contributed by atoms with E-state index in [9.17, 15) is 0 Å². The second-order valence-electron chi connectivity index (χ2n) is 12.2. The summed E-state index contributed by atoms with van der Waals surface area (Å²) in [6.45, 7) is 4.68. The van der Waals surface area contributed by atoms with E-state index in [2.05, 4.69) is 153 Å². The lowest BCUT2D eigenvalue weighted by Gasteiger charge is -2.30. The minimum absolute atomic E-state index is 0.0177. The predicted octanol–water partition coefficient (Wildman–Crippen LogP) is 10.1. The molecular formula is C40H29N. The average Bonchev–Trinajstić information content (AvgIpc) is 3.56. The van der Waals surface area contributed by atoms with Crippen LogP contribution in [0.25, 0.3) is 33.4 Å². The molecule has 6 aromatic carbocycles. The number of anilines is 2. The van der Waals surface area contributed by atoms with Crippen LogP contribution in [0.4, 0.5) is 11.4 Å². The topological polar surface area (TPSA) is 12.0 Å². The Bertz CT molecular complexity index is 2020. The number of rotatable bonds is 2. The van der Waals surface area contributed by atoms with E-state index in [1.54, 1.807) is 0 Å². The van der Waals surface area contributed by atoms with Gasteiger partial charge >= 0.3 is 0 Å². The summed E-state index contributed by atoms with van der Waals surface area (Å²) < 4.78 is 0. The Hall–Kier alpha value is -4.88. The van der Waals surface area contributed by atoms with Crippen molar-refractivity contribution in [2.75, 3.05) is 5.32 Å². The van der Waals surface area contributed by atoms with Crippen LogP contribution in [0.15, 0.2) is 133 Å². The minimum atomic E-state index is -0.291. The van der Waals surface area contributed by atoms with Gasteiger partial charge in [0.15, 0.2) is 0 Å². The Labute approximate surface area is 241 Å². The maximum absolute atomic E-state index is 3.78. The highest BCUT2D eigenvalue weighted by Gasteiger charge is 2.51. The molecule has 3 aliphatic carbocycles. The number of fused-ring (bicyclic) bond motifs is 13. The fourth-order valence-corrected chi connectivity index (χ4v) is 8.13. The zero-order chi connectivity index (χ0) is 27.3. The lowest BCUT2D eigenvalue weighted by atomic mass is 9.70. The van der Waals surface area contributed by atoms with Gasteiger partial charge < -0.3 is 5.32 Å². The normalized spacial score (nSPS) is 15.5. The van der Waals surface area contributed by atoms with Gasteiger partial charge in [-0.15, -0.1) is 0 Å². The number of hydrogen-bond acceptors (Lipinski definition) is 1. The molecule has 1 heteroatoms. The minimum Gasteiger partial charge on any atom is -0.355 e. The molecule has 0 aliphatic heterocycles. The Morgan fingerprint density at radius 2 is 0.780 bits per heavy atom. The summed E-state index contributed by atoms with van der Waals surface area (Å²) >= 11 is 0. The largest absolute Gasteiger partial charge is 0.355 e. The Morgan fingerprint density at radius 1 is 0.366 bits per heavy atom. The van der Waals surface area contributed by atoms with Crippen LogP contribution in [0.3, 0.4) is 0 Å². The summed E-state index contributed by atoms with van der Waals surface area (Å²) in [4.78, 5) is 0. The third-order valence-electron chi connectivity index (χ3n) is 9.87. The Balaban J connectivity index is 1.19. The molecule has 0 amide bonds. The van der Waals surface area contributed by atoms with Crippen molar-refractivity contribution in [3.63, 3.8) is 0 Å². The molecule has 194 valence electrons. The summed E-state index contributed by atoms with van der Waals surface area (Å²) in [5, 5.41) is 3.78. The van der Waals surface area contributed by atoms with Crippen molar-refractivity contribution in [2.24, 2.45) is 0 Å². The van der Waals surface area contributed by atoms with Gasteiger partial charge in [-0.25, -0.2) is 0 Å². The van der Waals surface area contributed by atoms with Gasteiger partial charge in [0, 0.05) is 16.8 Å². The molecule has 0 fully saturated rings. The number of hydrogen-bond donors (Lipinski definition) is 1. The second kappa shape index (κ2) is 7.86. The SMILES string of the molecule is CC1(C)c2ccccc2-c2ccc(Nc3ccc4c(c3)-c3ccccc3C43c4ccccc4-c4ccccc43)cc21. The van der Waals surface area contributed by atoms with Crippen molar-refractivity contribution < 1.29 is 0 Å². The third kappa shape index (κ3) is 2.81. The first kappa shape index (κ1) is 22.9. The fraction of sp³-hybridized carbons (Fsp3) is 0.100. The fourth-order valence-electron chi connectivity index (χ4n) is 8.13. The first-order chi connectivity index (χ1) is 20.1. The summed E-state index contributed by atoms with van der Waals surface area (Å²) in [7, 11) is 0. The van der Waals surface area contributed by atoms with Crippen LogP contribution in [0.1, 0.15) is 47.2 Å². The van der Waals surface area contributed by atoms with Crippen LogP contribution in [0.2, 0.25) is 0 Å². The average molecular weight is 524 g/mol. The van der Waals surface area contributed by atoms with E-state index in [1.165, 1.54) is 66.8 Å². The molecule has 0 heterocycles. The van der Waals surface area contributed by atoms with Crippen LogP contribution in [0.5, 0.6) is 0 Å². The van der Waals surface area contributed by atoms with E-state index in [0.29, 0.717) is 0 Å². The van der Waals surface area contributed by atoms with Crippen LogP contribution in [-0.2, 0) is 10.8 Å². The van der Waals surface area contributed by atoms with Crippen molar-refractivity contribution in [2.45, 2.75) is 24.7 Å². The molecule has 3 aliphatic rings. The van der Waals surface area contributed by atoms with Crippen LogP contribution in [0, 0.1) is 0 Å². The molecule has 41 heavy (non-hydrogen) atoms. The van der Waals surface area contributed by atoms with Crippen molar-refractivity contribution in [3.8, 4) is 33.4 Å². The van der Waals surface area contributed by atoms with Crippen molar-refractivity contribution >= 4 is 11.4 Å². The lowest BCUT2D eigenvalue weighted by Crippen LogP contribution is -2.25. The van der Waals surface area contributed by atoms with E-state index in [1.807, 2.05) is 0 Å². The highest BCUT2D eigenvalue weighted by molar-refractivity contribution is 5.96. The molecule has 0 radical (unpaired) electrons. The zero-order valence-corrected chi connectivity index (χ0v) is 23.2. The van der Waals surface area contributed by atoms with E-state index in [-0.39, 0.29) is 10.8 Å². The van der Waals surface area contributed by atoms with Gasteiger partial charge in [-0.05, 0) is 91.0 Å². The van der Waals surface area contributed by atoms with E-state index >= 15 is 0 Å². The van der Waals surface area contributed by atoms with Gasteiger partial charge in [0.05, 0.1) is 5.41 Å². The smallest absolute Gasteiger partial charge is 0.0725 e. The van der Waals surface area contributed by atoms with Crippen LogP contribution < -0.4 is 5.32 Å². The summed E-state index contributed by atoms with van der Waals surface area (Å²) in [5.41, 5.74) is 18.3. The summed E-state index contributed by atoms with van der Waals surface area (Å²) in [5.74, 6) is 0. The van der Waals surface area contributed by atoms with Gasteiger partial charge in [0.1, 0.15) is 0 Å². The first-order valence-corrected chi connectivity index (χ1v) is 14.5. The molecule has 0 bridgehead atoms. The predicted molar refractivity (Wildman–Crippen MR) is 170 cm³/mol. The van der Waals surface area contributed by atoms with E-state index < -0.39 is 0 Å². The molecule has 1 N–H and O–H groups in total. The molecule has 0 aromatic heterocycles. The van der Waals surface area contributed by atoms with Gasteiger partial charge in [-0.3, -0.25) is 0 Å². The maximum atomic E-state index is 3.78. The summed E-state index contributed by atoms with van der Waals surface area (Å²) in [6, 6.07) is 49.6. The van der Waals surface area contributed by atoms with Crippen LogP contribution >= 0.6 is 0 Å². The quantitative estimate of drug-likeness (QED) is 0.238. The zero-order valence-electron chi connectivity index (χ0n) is 23.2. The van der Waals surface area contributed by atoms with Crippen LogP contribution in [-0.4, -0.2) is 0 Å². The number of nitrogens with one attached hydrogen (secondary N) is 1. The Morgan fingerprint density at radius 3 is 1.39 bits per heavy atom. The van der Waals surface area contributed by atoms with Crippen molar-refractivity contribution in [1.82, 2.24) is 0 Å². The maximum Gasteiger partial charge on any atom is 0.0725 e. The van der Waals surface area contributed by atoms with E-state index in [0.717, 1.165) is 11.4 Å². The third-order valence-corrected chi connectivity index (χ3v) is 9.87. The van der Waals surface area contributed by atoms with Gasteiger partial charge in [0.2, 0.25) is 0 Å². The van der Waals surface area contributed by atoms with E-state index in [4.69, 9.17) is 0 Å². The highest BCUT2D eigenvalue weighted by atomic mass is 14.9. The van der Waals surface area contributed by atoms with Gasteiger partial charge in [-0.1, -0.05) is 123 Å². The summed E-state index contributed by atoms with van der Waals surface area (Å²) in [6.07, 6.45) is 0. The molecule has 0 saturated carbocycles. The first-order valence-electron chi connectivity index (χ1n) is 14.5. The standard InChI is InChI=1S/C40H29N/c1-39(2)33-15-7-3-11-27(33)31-21-19-26(24-38(31)39)41-25-20-22-37-32(23-25)30-14-6-10-18-36(30)40(37)34-16-8-4-12-28(34)29-13-5-9-17-35(29)40/h3-24,41H,1-2H3. The van der Waals surface area contributed by atoms with Crippen molar-refractivity contribution in [1.29, 1.82) is 0 Å². The number of benzene rings is 6. The monoisotopic (exact) mass is 523 g/mol. The second-order valence-corrected chi connectivity index (χ2v) is 12.2. The van der Waals surface area contributed by atoms with Gasteiger partial charge in [0.25, 0.3) is 0 Å². The Kier molecular flexibility index (Phi) is 4.39. The van der Waals surface area contributed by atoms with Crippen molar-refractivity contribution in [3.05, 3.63) is 167 Å². The molecule has 1 nitrogen and oxygen atoms in total. The molecule has 1 spiro atoms.